The third-order valence-corrected chi connectivity index (χ3v) is 5.38. The monoisotopic (exact) mass is 387 g/mol. The lowest BCUT2D eigenvalue weighted by Gasteiger charge is -2.30. The molecule has 2 aliphatic heterocycles. The summed E-state index contributed by atoms with van der Waals surface area (Å²) in [6.45, 7) is 9.79. The molecule has 2 aliphatic rings. The second-order valence-electron chi connectivity index (χ2n) is 8.12. The Morgan fingerprint density at radius 2 is 2.14 bits per heavy atom. The van der Waals surface area contributed by atoms with Crippen LogP contribution in [-0.4, -0.2) is 72.7 Å². The second kappa shape index (κ2) is 10.7. The van der Waals surface area contributed by atoms with Crippen LogP contribution in [0, 0.1) is 5.92 Å². The second-order valence-corrected chi connectivity index (χ2v) is 8.12. The molecule has 154 valence electrons. The molecule has 0 bridgehead atoms. The van der Waals surface area contributed by atoms with Crippen LogP contribution in [0.1, 0.15) is 32.3 Å². The van der Waals surface area contributed by atoms with Crippen LogP contribution in [0.15, 0.2) is 36.2 Å². The van der Waals surface area contributed by atoms with Gasteiger partial charge in [0.25, 0.3) is 0 Å². The Hall–Kier alpha value is -1.76. The third kappa shape index (κ3) is 6.69. The first-order valence-electron chi connectivity index (χ1n) is 10.3. The van der Waals surface area contributed by atoms with Gasteiger partial charge in [-0.15, -0.1) is 0 Å². The normalized spacial score (nSPS) is 22.1. The molecule has 0 aromatic carbocycles. The largest absolute Gasteiger partial charge is 0.381 e. The number of carbonyl (C=O) groups excluding carboxylic acids is 1. The van der Waals surface area contributed by atoms with E-state index < -0.39 is 0 Å². The standard InChI is InChI=1S/C22H33N3O3/c1-18(2)5-9-24-14-21(28-17-20-4-3-8-23-12-20)15-25(22(26)16-24)13-19-6-10-27-11-7-19/h3-5,8,12,19,21H,6-7,9-11,13-17H2,1-2H3. The molecule has 0 radical (unpaired) electrons. The maximum absolute atomic E-state index is 12.9. The molecule has 28 heavy (non-hydrogen) atoms. The summed E-state index contributed by atoms with van der Waals surface area (Å²) in [5.41, 5.74) is 2.33. The van der Waals surface area contributed by atoms with Gasteiger partial charge in [0.15, 0.2) is 0 Å². The molecule has 0 N–H and O–H groups in total. The Morgan fingerprint density at radius 3 is 2.86 bits per heavy atom. The van der Waals surface area contributed by atoms with Crippen molar-refractivity contribution < 1.29 is 14.3 Å². The molecule has 1 aromatic heterocycles. The molecule has 6 nitrogen and oxygen atoms in total. The predicted octanol–water partition coefficient (Wildman–Crippen LogP) is 2.50. The molecule has 2 saturated heterocycles. The number of rotatable bonds is 7. The first kappa shape index (κ1) is 21.0. The van der Waals surface area contributed by atoms with Crippen molar-refractivity contribution in [3.63, 3.8) is 0 Å². The molecule has 2 fully saturated rings. The molecule has 1 amide bonds. The Labute approximate surface area is 168 Å². The highest BCUT2D eigenvalue weighted by molar-refractivity contribution is 5.78. The van der Waals surface area contributed by atoms with Crippen molar-refractivity contribution in [2.75, 3.05) is 45.9 Å². The maximum atomic E-state index is 12.9. The van der Waals surface area contributed by atoms with E-state index in [9.17, 15) is 4.79 Å². The van der Waals surface area contributed by atoms with Crippen LogP contribution >= 0.6 is 0 Å². The van der Waals surface area contributed by atoms with Gasteiger partial charge in [0.2, 0.25) is 5.91 Å². The van der Waals surface area contributed by atoms with Gasteiger partial charge in [-0.2, -0.15) is 0 Å². The van der Waals surface area contributed by atoms with Crippen molar-refractivity contribution in [2.45, 2.75) is 39.4 Å². The quantitative estimate of drug-likeness (QED) is 0.673. The molecule has 6 heteroatoms. The lowest BCUT2D eigenvalue weighted by molar-refractivity contribution is -0.133. The van der Waals surface area contributed by atoms with Crippen molar-refractivity contribution in [2.24, 2.45) is 5.92 Å². The predicted molar refractivity (Wildman–Crippen MR) is 109 cm³/mol. The number of amides is 1. The van der Waals surface area contributed by atoms with Crippen molar-refractivity contribution in [1.82, 2.24) is 14.8 Å². The summed E-state index contributed by atoms with van der Waals surface area (Å²) in [7, 11) is 0. The van der Waals surface area contributed by atoms with Gasteiger partial charge in [0.05, 0.1) is 19.3 Å². The van der Waals surface area contributed by atoms with Gasteiger partial charge < -0.3 is 14.4 Å². The molecule has 1 aromatic rings. The minimum Gasteiger partial charge on any atom is -0.381 e. The SMILES string of the molecule is CC(C)=CCN1CC(=O)N(CC2CCOCC2)CC(OCc2cccnc2)C1. The van der Waals surface area contributed by atoms with Crippen LogP contribution in [0.4, 0.5) is 0 Å². The average molecular weight is 388 g/mol. The topological polar surface area (TPSA) is 54.9 Å². The fourth-order valence-corrected chi connectivity index (χ4v) is 3.72. The van der Waals surface area contributed by atoms with E-state index >= 15 is 0 Å². The highest BCUT2D eigenvalue weighted by Gasteiger charge is 2.30. The van der Waals surface area contributed by atoms with Crippen molar-refractivity contribution in [1.29, 1.82) is 0 Å². The summed E-state index contributed by atoms with van der Waals surface area (Å²) >= 11 is 0. The number of allylic oxidation sites excluding steroid dienone is 1. The lowest BCUT2D eigenvalue weighted by atomic mass is 9.99. The van der Waals surface area contributed by atoms with Crippen LogP contribution in [0.5, 0.6) is 0 Å². The highest BCUT2D eigenvalue weighted by Crippen LogP contribution is 2.19. The van der Waals surface area contributed by atoms with Crippen molar-refractivity contribution in [3.05, 3.63) is 41.7 Å². The molecule has 1 unspecified atom stereocenters. The zero-order chi connectivity index (χ0) is 19.8. The molecule has 3 heterocycles. The number of hydrogen-bond acceptors (Lipinski definition) is 5. The van der Waals surface area contributed by atoms with Crippen LogP contribution in [0.25, 0.3) is 0 Å². The Bertz CT molecular complexity index is 640. The van der Waals surface area contributed by atoms with E-state index in [1.807, 2.05) is 23.2 Å². The summed E-state index contributed by atoms with van der Waals surface area (Å²) in [5.74, 6) is 0.738. The number of carbonyl (C=O) groups is 1. The molecule has 1 atom stereocenters. The fourth-order valence-electron chi connectivity index (χ4n) is 3.72. The Kier molecular flexibility index (Phi) is 8.01. The zero-order valence-electron chi connectivity index (χ0n) is 17.2. The van der Waals surface area contributed by atoms with Gasteiger partial charge in [-0.05, 0) is 44.2 Å². The van der Waals surface area contributed by atoms with E-state index in [2.05, 4.69) is 29.8 Å². The molecule has 3 rings (SSSR count). The summed E-state index contributed by atoms with van der Waals surface area (Å²) < 4.78 is 11.7. The smallest absolute Gasteiger partial charge is 0.236 e. The van der Waals surface area contributed by atoms with Gasteiger partial charge in [0, 0.05) is 51.8 Å². The first-order chi connectivity index (χ1) is 13.6. The fraction of sp³-hybridized carbons (Fsp3) is 0.636. The van der Waals surface area contributed by atoms with E-state index in [1.54, 1.807) is 6.20 Å². The molecular weight excluding hydrogens is 354 g/mol. The maximum Gasteiger partial charge on any atom is 0.236 e. The van der Waals surface area contributed by atoms with Gasteiger partial charge in [0.1, 0.15) is 0 Å². The molecule has 0 spiro atoms. The van der Waals surface area contributed by atoms with E-state index in [0.717, 1.165) is 51.3 Å². The Morgan fingerprint density at radius 1 is 1.32 bits per heavy atom. The van der Waals surface area contributed by atoms with Gasteiger partial charge >= 0.3 is 0 Å². The van der Waals surface area contributed by atoms with Crippen LogP contribution in [0.2, 0.25) is 0 Å². The lowest BCUT2D eigenvalue weighted by Crippen LogP contribution is -2.42. The van der Waals surface area contributed by atoms with Crippen LogP contribution in [-0.2, 0) is 20.9 Å². The van der Waals surface area contributed by atoms with E-state index in [-0.39, 0.29) is 12.0 Å². The number of ether oxygens (including phenoxy) is 2. The van der Waals surface area contributed by atoms with Crippen molar-refractivity contribution >= 4 is 5.91 Å². The van der Waals surface area contributed by atoms with E-state index in [0.29, 0.717) is 25.6 Å². The minimum absolute atomic E-state index is 0.00272. The average Bonchev–Trinajstić information content (AvgIpc) is 2.85. The summed E-state index contributed by atoms with van der Waals surface area (Å²) in [6, 6.07) is 3.95. The molecular formula is C22H33N3O3. The molecule has 0 saturated carbocycles. The highest BCUT2D eigenvalue weighted by atomic mass is 16.5. The third-order valence-electron chi connectivity index (χ3n) is 5.38. The van der Waals surface area contributed by atoms with Gasteiger partial charge in [-0.25, -0.2) is 0 Å². The summed E-state index contributed by atoms with van der Waals surface area (Å²) in [5, 5.41) is 0. The summed E-state index contributed by atoms with van der Waals surface area (Å²) in [6.07, 6.45) is 7.85. The van der Waals surface area contributed by atoms with Gasteiger partial charge in [-0.3, -0.25) is 14.7 Å². The Balaban J connectivity index is 1.65. The van der Waals surface area contributed by atoms with Crippen molar-refractivity contribution in [3.8, 4) is 0 Å². The molecule has 0 aliphatic carbocycles. The van der Waals surface area contributed by atoms with E-state index in [1.165, 1.54) is 5.57 Å². The van der Waals surface area contributed by atoms with Crippen LogP contribution in [0.3, 0.4) is 0 Å². The number of hydrogen-bond donors (Lipinski definition) is 0. The van der Waals surface area contributed by atoms with E-state index in [4.69, 9.17) is 9.47 Å². The first-order valence-corrected chi connectivity index (χ1v) is 10.3. The minimum atomic E-state index is -0.00272. The summed E-state index contributed by atoms with van der Waals surface area (Å²) in [4.78, 5) is 21.3. The number of nitrogens with zero attached hydrogens (tertiary/aromatic N) is 3. The van der Waals surface area contributed by atoms with Gasteiger partial charge in [-0.1, -0.05) is 17.7 Å². The number of pyridine rings is 1. The number of aromatic nitrogens is 1. The zero-order valence-corrected chi connectivity index (χ0v) is 17.2. The van der Waals surface area contributed by atoms with Crippen LogP contribution < -0.4 is 0 Å².